The van der Waals surface area contributed by atoms with Gasteiger partial charge in [0.05, 0.1) is 17.1 Å². The SMILES string of the molecule is Cc1nc(CC(=O)c2cc(F)cc(Br)c2)cs1. The van der Waals surface area contributed by atoms with Crippen LogP contribution in [0.2, 0.25) is 0 Å². The first-order valence-electron chi connectivity index (χ1n) is 4.95. The average Bonchev–Trinajstić information content (AvgIpc) is 2.62. The highest BCUT2D eigenvalue weighted by Gasteiger charge is 2.11. The zero-order chi connectivity index (χ0) is 12.4. The molecule has 88 valence electrons. The Morgan fingerprint density at radius 2 is 2.24 bits per heavy atom. The molecule has 0 aliphatic carbocycles. The zero-order valence-electron chi connectivity index (χ0n) is 9.04. The third-order valence-electron chi connectivity index (χ3n) is 2.19. The number of hydrogen-bond acceptors (Lipinski definition) is 3. The molecule has 2 aromatic rings. The minimum absolute atomic E-state index is 0.129. The van der Waals surface area contributed by atoms with E-state index in [1.165, 1.54) is 23.5 Å². The van der Waals surface area contributed by atoms with Gasteiger partial charge in [0.15, 0.2) is 5.78 Å². The van der Waals surface area contributed by atoms with Crippen molar-refractivity contribution in [1.29, 1.82) is 0 Å². The Labute approximate surface area is 111 Å². The van der Waals surface area contributed by atoms with E-state index in [0.29, 0.717) is 10.0 Å². The number of Topliss-reactive ketones (excluding diaryl/α,β-unsaturated/α-hetero) is 1. The predicted octanol–water partition coefficient (Wildman–Crippen LogP) is 3.78. The number of benzene rings is 1. The van der Waals surface area contributed by atoms with E-state index in [4.69, 9.17) is 0 Å². The predicted molar refractivity (Wildman–Crippen MR) is 69.0 cm³/mol. The highest BCUT2D eigenvalue weighted by Crippen LogP contribution is 2.17. The molecule has 17 heavy (non-hydrogen) atoms. The second-order valence-corrected chi connectivity index (χ2v) is 5.59. The number of aromatic nitrogens is 1. The summed E-state index contributed by atoms with van der Waals surface area (Å²) in [6.45, 7) is 1.89. The molecule has 0 unspecified atom stereocenters. The number of aryl methyl sites for hydroxylation is 1. The third-order valence-corrected chi connectivity index (χ3v) is 3.47. The topological polar surface area (TPSA) is 30.0 Å². The molecular weight excluding hydrogens is 305 g/mol. The van der Waals surface area contributed by atoms with E-state index in [1.807, 2.05) is 12.3 Å². The Morgan fingerprint density at radius 3 is 2.82 bits per heavy atom. The molecule has 1 aromatic heterocycles. The lowest BCUT2D eigenvalue weighted by Crippen LogP contribution is -2.04. The minimum Gasteiger partial charge on any atom is -0.294 e. The van der Waals surface area contributed by atoms with Crippen molar-refractivity contribution in [2.75, 3.05) is 0 Å². The Kier molecular flexibility index (Phi) is 3.69. The van der Waals surface area contributed by atoms with Crippen molar-refractivity contribution < 1.29 is 9.18 Å². The van der Waals surface area contributed by atoms with Gasteiger partial charge in [-0.1, -0.05) is 15.9 Å². The second-order valence-electron chi connectivity index (χ2n) is 3.62. The molecule has 0 aliphatic heterocycles. The number of halogens is 2. The number of carbonyl (C=O) groups excluding carboxylic acids is 1. The van der Waals surface area contributed by atoms with Gasteiger partial charge in [0.2, 0.25) is 0 Å². The van der Waals surface area contributed by atoms with Crippen LogP contribution in [0, 0.1) is 12.7 Å². The van der Waals surface area contributed by atoms with Crippen LogP contribution >= 0.6 is 27.3 Å². The Balaban J connectivity index is 2.19. The molecule has 2 rings (SSSR count). The first kappa shape index (κ1) is 12.4. The third kappa shape index (κ3) is 3.20. The van der Waals surface area contributed by atoms with Crippen molar-refractivity contribution in [3.63, 3.8) is 0 Å². The largest absolute Gasteiger partial charge is 0.294 e. The monoisotopic (exact) mass is 313 g/mol. The van der Waals surface area contributed by atoms with Gasteiger partial charge in [0.25, 0.3) is 0 Å². The summed E-state index contributed by atoms with van der Waals surface area (Å²) in [4.78, 5) is 16.1. The fourth-order valence-electron chi connectivity index (χ4n) is 1.47. The zero-order valence-corrected chi connectivity index (χ0v) is 11.4. The minimum atomic E-state index is -0.419. The fourth-order valence-corrected chi connectivity index (χ4v) is 2.55. The number of ketones is 1. The summed E-state index contributed by atoms with van der Waals surface area (Å²) in [6.07, 6.45) is 0.209. The highest BCUT2D eigenvalue weighted by atomic mass is 79.9. The van der Waals surface area contributed by atoms with Gasteiger partial charge in [0, 0.05) is 15.4 Å². The average molecular weight is 314 g/mol. The summed E-state index contributed by atoms with van der Waals surface area (Å²) in [7, 11) is 0. The Hall–Kier alpha value is -1.07. The summed E-state index contributed by atoms with van der Waals surface area (Å²) in [6, 6.07) is 4.18. The summed E-state index contributed by atoms with van der Waals surface area (Å²) in [5, 5.41) is 2.77. The van der Waals surface area contributed by atoms with Crippen LogP contribution in [0.4, 0.5) is 4.39 Å². The highest BCUT2D eigenvalue weighted by molar-refractivity contribution is 9.10. The normalized spacial score (nSPS) is 10.5. The van der Waals surface area contributed by atoms with E-state index < -0.39 is 5.82 Å². The number of carbonyl (C=O) groups is 1. The van der Waals surface area contributed by atoms with E-state index in [-0.39, 0.29) is 12.2 Å². The van der Waals surface area contributed by atoms with Crippen molar-refractivity contribution in [2.45, 2.75) is 13.3 Å². The summed E-state index contributed by atoms with van der Waals surface area (Å²) in [5.74, 6) is -0.548. The maximum Gasteiger partial charge on any atom is 0.168 e. The lowest BCUT2D eigenvalue weighted by atomic mass is 10.1. The van der Waals surface area contributed by atoms with Crippen molar-refractivity contribution in [3.05, 3.63) is 50.1 Å². The van der Waals surface area contributed by atoms with E-state index in [2.05, 4.69) is 20.9 Å². The molecule has 0 saturated heterocycles. The van der Waals surface area contributed by atoms with Gasteiger partial charge < -0.3 is 0 Å². The van der Waals surface area contributed by atoms with Gasteiger partial charge in [-0.15, -0.1) is 11.3 Å². The molecule has 5 heteroatoms. The quantitative estimate of drug-likeness (QED) is 0.807. The molecule has 1 aromatic carbocycles. The van der Waals surface area contributed by atoms with Crippen LogP contribution in [0.15, 0.2) is 28.1 Å². The second kappa shape index (κ2) is 5.06. The molecule has 0 saturated carbocycles. The van der Waals surface area contributed by atoms with Crippen molar-refractivity contribution in [1.82, 2.24) is 4.98 Å². The van der Waals surface area contributed by atoms with E-state index in [0.717, 1.165) is 10.7 Å². The number of nitrogens with zero attached hydrogens (tertiary/aromatic N) is 1. The maximum absolute atomic E-state index is 13.1. The van der Waals surface area contributed by atoms with Gasteiger partial charge >= 0.3 is 0 Å². The van der Waals surface area contributed by atoms with Crippen LogP contribution in [0.5, 0.6) is 0 Å². The van der Waals surface area contributed by atoms with E-state index in [1.54, 1.807) is 6.07 Å². The lowest BCUT2D eigenvalue weighted by Gasteiger charge is -2.00. The van der Waals surface area contributed by atoms with Crippen LogP contribution in [0.3, 0.4) is 0 Å². The molecule has 0 N–H and O–H groups in total. The number of rotatable bonds is 3. The van der Waals surface area contributed by atoms with Gasteiger partial charge in [0.1, 0.15) is 5.82 Å². The van der Waals surface area contributed by atoms with Gasteiger partial charge in [-0.25, -0.2) is 9.37 Å². The van der Waals surface area contributed by atoms with Crippen LogP contribution in [-0.2, 0) is 6.42 Å². The van der Waals surface area contributed by atoms with Crippen molar-refractivity contribution in [3.8, 4) is 0 Å². The first-order chi connectivity index (χ1) is 8.04. The molecule has 0 bridgehead atoms. The van der Waals surface area contributed by atoms with Crippen LogP contribution in [0.25, 0.3) is 0 Å². The molecule has 0 radical (unpaired) electrons. The Morgan fingerprint density at radius 1 is 1.47 bits per heavy atom. The summed E-state index contributed by atoms with van der Waals surface area (Å²) < 4.78 is 13.7. The molecule has 1 heterocycles. The van der Waals surface area contributed by atoms with Gasteiger partial charge in [-0.3, -0.25) is 4.79 Å². The Bertz CT molecular complexity index is 547. The molecule has 0 aliphatic rings. The van der Waals surface area contributed by atoms with E-state index >= 15 is 0 Å². The smallest absolute Gasteiger partial charge is 0.168 e. The van der Waals surface area contributed by atoms with E-state index in [9.17, 15) is 9.18 Å². The number of thiazole rings is 1. The first-order valence-corrected chi connectivity index (χ1v) is 6.62. The molecule has 0 spiro atoms. The van der Waals surface area contributed by atoms with Crippen molar-refractivity contribution >= 4 is 33.0 Å². The molecule has 0 fully saturated rings. The van der Waals surface area contributed by atoms with Crippen LogP contribution < -0.4 is 0 Å². The van der Waals surface area contributed by atoms with Crippen LogP contribution in [0.1, 0.15) is 21.1 Å². The standard InChI is InChI=1S/C12H9BrFNOS/c1-7-15-11(6-17-7)5-12(16)8-2-9(13)4-10(14)3-8/h2-4,6H,5H2,1H3. The van der Waals surface area contributed by atoms with Gasteiger partial charge in [-0.05, 0) is 25.1 Å². The van der Waals surface area contributed by atoms with Crippen molar-refractivity contribution in [2.24, 2.45) is 0 Å². The fraction of sp³-hybridized carbons (Fsp3) is 0.167. The molecular formula is C12H9BrFNOS. The molecule has 2 nitrogen and oxygen atoms in total. The summed E-state index contributed by atoms with van der Waals surface area (Å²) >= 11 is 4.67. The molecule has 0 amide bonds. The van der Waals surface area contributed by atoms with Gasteiger partial charge in [-0.2, -0.15) is 0 Å². The molecule has 0 atom stereocenters. The lowest BCUT2D eigenvalue weighted by molar-refractivity contribution is 0.0991. The maximum atomic E-state index is 13.1. The summed E-state index contributed by atoms with van der Waals surface area (Å²) in [5.41, 5.74) is 1.10. The number of hydrogen-bond donors (Lipinski definition) is 0. The van der Waals surface area contributed by atoms with Crippen LogP contribution in [-0.4, -0.2) is 10.8 Å².